The van der Waals surface area contributed by atoms with Gasteiger partial charge >= 0.3 is 0 Å². The minimum Gasteiger partial charge on any atom is -0.353 e. The fourth-order valence-electron chi connectivity index (χ4n) is 2.75. The maximum atomic E-state index is 11.9. The third-order valence-electron chi connectivity index (χ3n) is 4.00. The molecule has 0 heterocycles. The van der Waals surface area contributed by atoms with Crippen molar-refractivity contribution in [2.75, 3.05) is 19.6 Å². The van der Waals surface area contributed by atoms with E-state index in [1.165, 1.54) is 19.3 Å². The molecule has 21 heavy (non-hydrogen) atoms. The molecule has 0 aromatic carbocycles. The molecule has 1 aliphatic carbocycles. The number of carbonyl (C=O) groups excluding carboxylic acids is 2. The lowest BCUT2D eigenvalue weighted by molar-refractivity contribution is -0.129. The molecule has 0 saturated heterocycles. The predicted octanol–water partition coefficient (Wildman–Crippen LogP) is 1.58. The highest BCUT2D eigenvalue weighted by molar-refractivity contribution is 5.87. The summed E-state index contributed by atoms with van der Waals surface area (Å²) in [5, 5.41) is 8.86. The van der Waals surface area contributed by atoms with Crippen molar-refractivity contribution in [3.63, 3.8) is 0 Å². The Bertz CT molecular complexity index is 315. The minimum atomic E-state index is -0.452. The second kappa shape index (κ2) is 10.6. The van der Waals surface area contributed by atoms with Crippen LogP contribution in [0.2, 0.25) is 0 Å². The van der Waals surface area contributed by atoms with E-state index in [9.17, 15) is 9.59 Å². The van der Waals surface area contributed by atoms with Gasteiger partial charge in [0.15, 0.2) is 0 Å². The van der Waals surface area contributed by atoms with Crippen molar-refractivity contribution in [1.29, 1.82) is 0 Å². The van der Waals surface area contributed by atoms with Gasteiger partial charge in [-0.15, -0.1) is 0 Å². The van der Waals surface area contributed by atoms with E-state index in [1.54, 1.807) is 6.92 Å². The van der Waals surface area contributed by atoms with E-state index in [4.69, 9.17) is 0 Å². The van der Waals surface area contributed by atoms with Crippen LogP contribution in [0.5, 0.6) is 0 Å². The Kier molecular flexibility index (Phi) is 9.06. The van der Waals surface area contributed by atoms with Crippen LogP contribution in [0.25, 0.3) is 0 Å². The Balaban J connectivity index is 2.13. The SMILES string of the molecule is CCCNCCNC(=O)C(C)NC(=O)CC1CCCCC1. The molecule has 5 nitrogen and oxygen atoms in total. The maximum Gasteiger partial charge on any atom is 0.242 e. The number of nitrogens with one attached hydrogen (secondary N) is 3. The summed E-state index contributed by atoms with van der Waals surface area (Å²) >= 11 is 0. The molecule has 1 saturated carbocycles. The number of carbonyl (C=O) groups is 2. The maximum absolute atomic E-state index is 11.9. The zero-order valence-electron chi connectivity index (χ0n) is 13.5. The fraction of sp³-hybridized carbons (Fsp3) is 0.875. The van der Waals surface area contributed by atoms with Gasteiger partial charge in [0, 0.05) is 19.5 Å². The van der Waals surface area contributed by atoms with Crippen LogP contribution in [0.15, 0.2) is 0 Å². The van der Waals surface area contributed by atoms with Crippen LogP contribution in [-0.4, -0.2) is 37.5 Å². The molecule has 0 aromatic heterocycles. The van der Waals surface area contributed by atoms with Crippen LogP contribution < -0.4 is 16.0 Å². The van der Waals surface area contributed by atoms with E-state index in [2.05, 4.69) is 22.9 Å². The van der Waals surface area contributed by atoms with Gasteiger partial charge in [-0.05, 0) is 38.6 Å². The van der Waals surface area contributed by atoms with E-state index in [0.29, 0.717) is 18.9 Å². The Morgan fingerprint density at radius 1 is 1.10 bits per heavy atom. The van der Waals surface area contributed by atoms with Crippen molar-refractivity contribution in [1.82, 2.24) is 16.0 Å². The summed E-state index contributed by atoms with van der Waals surface area (Å²) in [4.78, 5) is 23.8. The molecule has 0 spiro atoms. The minimum absolute atomic E-state index is 0.00802. The summed E-state index contributed by atoms with van der Waals surface area (Å²) in [6.07, 6.45) is 7.71. The van der Waals surface area contributed by atoms with Crippen molar-refractivity contribution in [2.45, 2.75) is 64.8 Å². The van der Waals surface area contributed by atoms with Crippen LogP contribution in [0.3, 0.4) is 0 Å². The molecular formula is C16H31N3O2. The Labute approximate surface area is 128 Å². The lowest BCUT2D eigenvalue weighted by Crippen LogP contribution is -2.46. The third-order valence-corrected chi connectivity index (χ3v) is 4.00. The summed E-state index contributed by atoms with van der Waals surface area (Å²) in [6.45, 7) is 6.18. The first-order valence-corrected chi connectivity index (χ1v) is 8.41. The van der Waals surface area contributed by atoms with Crippen LogP contribution in [-0.2, 0) is 9.59 Å². The smallest absolute Gasteiger partial charge is 0.242 e. The standard InChI is InChI=1S/C16H31N3O2/c1-3-9-17-10-11-18-16(21)13(2)19-15(20)12-14-7-5-4-6-8-14/h13-14,17H,3-12H2,1-2H3,(H,18,21)(H,19,20). The zero-order chi connectivity index (χ0) is 15.5. The van der Waals surface area contributed by atoms with Crippen LogP contribution in [0.4, 0.5) is 0 Å². The van der Waals surface area contributed by atoms with Gasteiger partial charge in [-0.1, -0.05) is 26.2 Å². The number of hydrogen-bond acceptors (Lipinski definition) is 3. The van der Waals surface area contributed by atoms with E-state index >= 15 is 0 Å². The van der Waals surface area contributed by atoms with Gasteiger partial charge in [0.25, 0.3) is 0 Å². The molecule has 1 aliphatic rings. The normalized spacial score (nSPS) is 17.2. The van der Waals surface area contributed by atoms with Crippen LogP contribution in [0.1, 0.15) is 58.8 Å². The van der Waals surface area contributed by atoms with E-state index in [1.807, 2.05) is 0 Å². The van der Waals surface area contributed by atoms with E-state index < -0.39 is 6.04 Å². The lowest BCUT2D eigenvalue weighted by Gasteiger charge is -2.22. The molecule has 0 radical (unpaired) electrons. The van der Waals surface area contributed by atoms with Gasteiger partial charge in [-0.25, -0.2) is 0 Å². The number of amides is 2. The Morgan fingerprint density at radius 2 is 1.81 bits per heavy atom. The predicted molar refractivity (Wildman–Crippen MR) is 85.0 cm³/mol. The topological polar surface area (TPSA) is 70.2 Å². The van der Waals surface area contributed by atoms with Crippen LogP contribution in [0, 0.1) is 5.92 Å². The van der Waals surface area contributed by atoms with Crippen molar-refractivity contribution in [3.8, 4) is 0 Å². The Morgan fingerprint density at radius 3 is 2.48 bits per heavy atom. The monoisotopic (exact) mass is 297 g/mol. The fourth-order valence-corrected chi connectivity index (χ4v) is 2.75. The molecule has 1 fully saturated rings. The molecule has 1 atom stereocenters. The van der Waals surface area contributed by atoms with Gasteiger partial charge in [0.2, 0.25) is 11.8 Å². The molecule has 122 valence electrons. The third kappa shape index (κ3) is 8.05. The molecule has 0 aromatic rings. The van der Waals surface area contributed by atoms with E-state index in [0.717, 1.165) is 32.4 Å². The quantitative estimate of drug-likeness (QED) is 0.566. The van der Waals surface area contributed by atoms with Crippen molar-refractivity contribution in [3.05, 3.63) is 0 Å². The van der Waals surface area contributed by atoms with Gasteiger partial charge < -0.3 is 16.0 Å². The second-order valence-corrected chi connectivity index (χ2v) is 6.04. The summed E-state index contributed by atoms with van der Waals surface area (Å²) in [6, 6.07) is -0.452. The second-order valence-electron chi connectivity index (χ2n) is 6.04. The summed E-state index contributed by atoms with van der Waals surface area (Å²) in [5.74, 6) is 0.409. The van der Waals surface area contributed by atoms with Crippen molar-refractivity contribution < 1.29 is 9.59 Å². The first-order valence-electron chi connectivity index (χ1n) is 8.41. The molecule has 0 bridgehead atoms. The summed E-state index contributed by atoms with van der Waals surface area (Å²) < 4.78 is 0. The molecule has 5 heteroatoms. The highest BCUT2D eigenvalue weighted by atomic mass is 16.2. The molecule has 0 aliphatic heterocycles. The molecule has 1 unspecified atom stereocenters. The highest BCUT2D eigenvalue weighted by Gasteiger charge is 2.20. The first-order chi connectivity index (χ1) is 10.1. The van der Waals surface area contributed by atoms with Crippen molar-refractivity contribution in [2.24, 2.45) is 5.92 Å². The van der Waals surface area contributed by atoms with Gasteiger partial charge in [0.05, 0.1) is 0 Å². The largest absolute Gasteiger partial charge is 0.353 e. The average Bonchev–Trinajstić information content (AvgIpc) is 2.47. The molecule has 2 amide bonds. The Hall–Kier alpha value is -1.10. The average molecular weight is 297 g/mol. The summed E-state index contributed by atoms with van der Waals surface area (Å²) in [7, 11) is 0. The molecule has 3 N–H and O–H groups in total. The van der Waals surface area contributed by atoms with Crippen LogP contribution >= 0.6 is 0 Å². The highest BCUT2D eigenvalue weighted by Crippen LogP contribution is 2.26. The number of rotatable bonds is 9. The first kappa shape index (κ1) is 18.0. The van der Waals surface area contributed by atoms with Gasteiger partial charge in [0.1, 0.15) is 6.04 Å². The van der Waals surface area contributed by atoms with Crippen molar-refractivity contribution >= 4 is 11.8 Å². The van der Waals surface area contributed by atoms with Gasteiger partial charge in [-0.2, -0.15) is 0 Å². The van der Waals surface area contributed by atoms with Gasteiger partial charge in [-0.3, -0.25) is 9.59 Å². The zero-order valence-corrected chi connectivity index (χ0v) is 13.5. The summed E-state index contributed by atoms with van der Waals surface area (Å²) in [5.41, 5.74) is 0. The molecule has 1 rings (SSSR count). The lowest BCUT2D eigenvalue weighted by atomic mass is 9.87. The van der Waals surface area contributed by atoms with E-state index in [-0.39, 0.29) is 11.8 Å². The number of hydrogen-bond donors (Lipinski definition) is 3. The molecular weight excluding hydrogens is 266 g/mol.